The van der Waals surface area contributed by atoms with Crippen LogP contribution in [0.15, 0.2) is 79.5 Å². The number of nitro benzene ring substituents is 1. The molecular formula is C22H16N6O3. The first-order valence-corrected chi connectivity index (χ1v) is 9.24. The van der Waals surface area contributed by atoms with Crippen LogP contribution in [-0.2, 0) is 0 Å². The summed E-state index contributed by atoms with van der Waals surface area (Å²) in [5, 5.41) is 18.2. The largest absolute Gasteiger partial charge is 0.322 e. The molecule has 1 N–H and O–H groups in total. The minimum Gasteiger partial charge on any atom is -0.322 e. The number of rotatable bonds is 6. The van der Waals surface area contributed by atoms with Crippen LogP contribution in [0.2, 0.25) is 0 Å². The zero-order chi connectivity index (χ0) is 21.6. The Kier molecular flexibility index (Phi) is 5.57. The van der Waals surface area contributed by atoms with Crippen LogP contribution in [0.25, 0.3) is 17.8 Å². The molecule has 4 rings (SSSR count). The van der Waals surface area contributed by atoms with E-state index < -0.39 is 10.8 Å². The van der Waals surface area contributed by atoms with Crippen molar-refractivity contribution >= 4 is 29.4 Å². The van der Waals surface area contributed by atoms with Crippen molar-refractivity contribution in [3.05, 3.63) is 106 Å². The average Bonchev–Trinajstić information content (AvgIpc) is 3.33. The summed E-state index contributed by atoms with van der Waals surface area (Å²) in [4.78, 5) is 31.6. The molecule has 0 aliphatic heterocycles. The standard InChI is InChI=1S/C22H16N6O3/c29-22(17-8-10-20(21(13-17)28(30)31)27-15-23-14-25-27)26-19-6-3-4-16(12-19)7-9-18-5-1-2-11-24-18/h1-15H,(H,26,29). The first-order valence-electron chi connectivity index (χ1n) is 9.24. The molecule has 0 aliphatic rings. The number of anilines is 1. The van der Waals surface area contributed by atoms with Crippen LogP contribution in [-0.4, -0.2) is 30.6 Å². The molecule has 0 saturated heterocycles. The number of benzene rings is 2. The van der Waals surface area contributed by atoms with Crippen molar-refractivity contribution in [3.8, 4) is 5.69 Å². The van der Waals surface area contributed by atoms with E-state index in [0.717, 1.165) is 11.3 Å². The second-order valence-electron chi connectivity index (χ2n) is 6.47. The summed E-state index contributed by atoms with van der Waals surface area (Å²) in [6.07, 6.45) is 8.10. The van der Waals surface area contributed by atoms with E-state index in [1.807, 2.05) is 42.5 Å². The lowest BCUT2D eigenvalue weighted by molar-refractivity contribution is -0.384. The van der Waals surface area contributed by atoms with Gasteiger partial charge in [0.2, 0.25) is 0 Å². The monoisotopic (exact) mass is 412 g/mol. The van der Waals surface area contributed by atoms with Crippen molar-refractivity contribution in [3.63, 3.8) is 0 Å². The number of nitro groups is 1. The predicted octanol–water partition coefficient (Wildman–Crippen LogP) is 3.99. The lowest BCUT2D eigenvalue weighted by Crippen LogP contribution is -2.13. The topological polar surface area (TPSA) is 116 Å². The second-order valence-corrected chi connectivity index (χ2v) is 6.47. The third kappa shape index (κ3) is 4.67. The number of aromatic nitrogens is 4. The molecule has 0 fully saturated rings. The van der Waals surface area contributed by atoms with Crippen LogP contribution in [0.4, 0.5) is 11.4 Å². The fourth-order valence-electron chi connectivity index (χ4n) is 2.92. The zero-order valence-electron chi connectivity index (χ0n) is 16.1. The highest BCUT2D eigenvalue weighted by atomic mass is 16.6. The number of hydrogen-bond acceptors (Lipinski definition) is 6. The Morgan fingerprint density at radius 1 is 1.06 bits per heavy atom. The van der Waals surface area contributed by atoms with Crippen molar-refractivity contribution in [2.24, 2.45) is 0 Å². The Hall–Kier alpha value is -4.66. The van der Waals surface area contributed by atoms with Gasteiger partial charge in [0.15, 0.2) is 0 Å². The molecule has 0 bridgehead atoms. The van der Waals surface area contributed by atoms with E-state index in [1.165, 1.54) is 35.5 Å². The maximum atomic E-state index is 12.7. The molecule has 0 spiro atoms. The van der Waals surface area contributed by atoms with E-state index in [-0.39, 0.29) is 16.9 Å². The number of carbonyl (C=O) groups excluding carboxylic acids is 1. The van der Waals surface area contributed by atoms with Crippen LogP contribution >= 0.6 is 0 Å². The molecule has 0 unspecified atom stereocenters. The normalized spacial score (nSPS) is 10.8. The van der Waals surface area contributed by atoms with Crippen LogP contribution < -0.4 is 5.32 Å². The number of amides is 1. The molecule has 4 aromatic rings. The molecule has 0 radical (unpaired) electrons. The maximum absolute atomic E-state index is 12.7. The number of carbonyl (C=O) groups is 1. The van der Waals surface area contributed by atoms with Gasteiger partial charge < -0.3 is 5.32 Å². The first-order chi connectivity index (χ1) is 15.1. The molecule has 1 amide bonds. The van der Waals surface area contributed by atoms with Crippen molar-refractivity contribution in [1.29, 1.82) is 0 Å². The van der Waals surface area contributed by atoms with Gasteiger partial charge in [-0.25, -0.2) is 9.67 Å². The first kappa shape index (κ1) is 19.6. The Morgan fingerprint density at radius 3 is 2.71 bits per heavy atom. The summed E-state index contributed by atoms with van der Waals surface area (Å²) in [6.45, 7) is 0. The summed E-state index contributed by atoms with van der Waals surface area (Å²) >= 11 is 0. The number of nitrogens with zero attached hydrogens (tertiary/aromatic N) is 5. The van der Waals surface area contributed by atoms with Gasteiger partial charge in [0.25, 0.3) is 11.6 Å². The van der Waals surface area contributed by atoms with Crippen molar-refractivity contribution in [2.75, 3.05) is 5.32 Å². The van der Waals surface area contributed by atoms with E-state index in [9.17, 15) is 14.9 Å². The lowest BCUT2D eigenvalue weighted by atomic mass is 10.1. The SMILES string of the molecule is O=C(Nc1cccc(C=Cc2ccccn2)c1)c1ccc(-n2cncn2)c([N+](=O)[O-])c1. The molecule has 2 heterocycles. The molecule has 2 aromatic heterocycles. The summed E-state index contributed by atoms with van der Waals surface area (Å²) in [7, 11) is 0. The Labute approximate surface area is 176 Å². The Morgan fingerprint density at radius 2 is 1.97 bits per heavy atom. The fraction of sp³-hybridized carbons (Fsp3) is 0. The van der Waals surface area contributed by atoms with Gasteiger partial charge in [-0.15, -0.1) is 0 Å². The molecule has 0 saturated carbocycles. The highest BCUT2D eigenvalue weighted by Crippen LogP contribution is 2.24. The highest BCUT2D eigenvalue weighted by molar-refractivity contribution is 6.05. The smallest absolute Gasteiger partial charge is 0.295 e. The minimum atomic E-state index is -0.559. The predicted molar refractivity (Wildman–Crippen MR) is 116 cm³/mol. The van der Waals surface area contributed by atoms with E-state index in [4.69, 9.17) is 0 Å². The summed E-state index contributed by atoms with van der Waals surface area (Å²) < 4.78 is 1.28. The second kappa shape index (κ2) is 8.78. The summed E-state index contributed by atoms with van der Waals surface area (Å²) in [6, 6.07) is 17.1. The molecule has 31 heavy (non-hydrogen) atoms. The Balaban J connectivity index is 1.54. The van der Waals surface area contributed by atoms with E-state index >= 15 is 0 Å². The molecule has 0 aliphatic carbocycles. The average molecular weight is 412 g/mol. The highest BCUT2D eigenvalue weighted by Gasteiger charge is 2.19. The molecule has 9 nitrogen and oxygen atoms in total. The number of pyridine rings is 1. The van der Waals surface area contributed by atoms with Gasteiger partial charge in [0.05, 0.1) is 10.6 Å². The van der Waals surface area contributed by atoms with Gasteiger partial charge in [-0.05, 0) is 48.0 Å². The van der Waals surface area contributed by atoms with Crippen LogP contribution in [0, 0.1) is 10.1 Å². The summed E-state index contributed by atoms with van der Waals surface area (Å²) in [5.41, 5.74) is 2.39. The van der Waals surface area contributed by atoms with Crippen molar-refractivity contribution in [1.82, 2.24) is 19.7 Å². The molecule has 152 valence electrons. The fourth-order valence-corrected chi connectivity index (χ4v) is 2.92. The van der Waals surface area contributed by atoms with Crippen LogP contribution in [0.5, 0.6) is 0 Å². The lowest BCUT2D eigenvalue weighted by Gasteiger charge is -2.08. The molecule has 2 aromatic carbocycles. The van der Waals surface area contributed by atoms with E-state index in [1.54, 1.807) is 18.3 Å². The van der Waals surface area contributed by atoms with Crippen molar-refractivity contribution < 1.29 is 9.72 Å². The number of hydrogen-bond donors (Lipinski definition) is 1. The zero-order valence-corrected chi connectivity index (χ0v) is 16.1. The number of nitrogens with one attached hydrogen (secondary N) is 1. The van der Waals surface area contributed by atoms with Crippen LogP contribution in [0.3, 0.4) is 0 Å². The Bertz CT molecular complexity index is 1250. The van der Waals surface area contributed by atoms with Gasteiger partial charge in [-0.3, -0.25) is 19.9 Å². The molecule has 9 heteroatoms. The quantitative estimate of drug-likeness (QED) is 0.378. The van der Waals surface area contributed by atoms with Crippen molar-refractivity contribution in [2.45, 2.75) is 0 Å². The maximum Gasteiger partial charge on any atom is 0.295 e. The van der Waals surface area contributed by atoms with E-state index in [0.29, 0.717) is 5.69 Å². The van der Waals surface area contributed by atoms with Crippen LogP contribution in [0.1, 0.15) is 21.6 Å². The molecule has 0 atom stereocenters. The van der Waals surface area contributed by atoms with Gasteiger partial charge in [-0.2, -0.15) is 5.10 Å². The third-order valence-electron chi connectivity index (χ3n) is 4.38. The van der Waals surface area contributed by atoms with Gasteiger partial charge in [-0.1, -0.05) is 24.3 Å². The third-order valence-corrected chi connectivity index (χ3v) is 4.38. The van der Waals surface area contributed by atoms with Gasteiger partial charge in [0, 0.05) is 23.5 Å². The van der Waals surface area contributed by atoms with Gasteiger partial charge >= 0.3 is 0 Å². The van der Waals surface area contributed by atoms with Gasteiger partial charge in [0.1, 0.15) is 18.3 Å². The minimum absolute atomic E-state index is 0.157. The van der Waals surface area contributed by atoms with E-state index in [2.05, 4.69) is 20.4 Å². The summed E-state index contributed by atoms with van der Waals surface area (Å²) in [5.74, 6) is -0.459. The molecular weight excluding hydrogens is 396 g/mol.